The third-order valence-corrected chi connectivity index (χ3v) is 5.34. The van der Waals surface area contributed by atoms with E-state index in [2.05, 4.69) is 15.0 Å². The topological polar surface area (TPSA) is 90.0 Å². The second-order valence-electron chi connectivity index (χ2n) is 7.56. The van der Waals surface area contributed by atoms with Crippen molar-refractivity contribution in [1.82, 2.24) is 19.5 Å². The van der Waals surface area contributed by atoms with Gasteiger partial charge in [0.15, 0.2) is 5.65 Å². The van der Waals surface area contributed by atoms with Gasteiger partial charge in [-0.25, -0.2) is 15.0 Å². The van der Waals surface area contributed by atoms with Gasteiger partial charge in [-0.05, 0) is 18.2 Å². The second kappa shape index (κ2) is 8.70. The average Bonchev–Trinajstić information content (AvgIpc) is 3.53. The third kappa shape index (κ3) is 4.25. The van der Waals surface area contributed by atoms with Crippen LogP contribution in [0.15, 0.2) is 65.0 Å². The van der Waals surface area contributed by atoms with Gasteiger partial charge in [0.05, 0.1) is 44.9 Å². The first-order valence-corrected chi connectivity index (χ1v) is 10.5. The number of hydrogen-bond donors (Lipinski definition) is 0. The molecule has 0 aliphatic carbocycles. The maximum atomic E-state index is 5.48. The molecular weight excluding hydrogens is 418 g/mol. The van der Waals surface area contributed by atoms with E-state index in [9.17, 15) is 0 Å². The number of amidine groups is 1. The Kier molecular flexibility index (Phi) is 5.43. The zero-order valence-electron chi connectivity index (χ0n) is 18.6. The Morgan fingerprint density at radius 2 is 1.85 bits per heavy atom. The molecule has 1 aliphatic rings. The van der Waals surface area contributed by atoms with Gasteiger partial charge in [-0.2, -0.15) is 0 Å². The maximum absolute atomic E-state index is 5.48. The number of ether oxygens (including phenoxy) is 2. The predicted molar refractivity (Wildman–Crippen MR) is 129 cm³/mol. The minimum Gasteiger partial charge on any atom is -0.497 e. The fourth-order valence-electron chi connectivity index (χ4n) is 3.65. The molecule has 0 bridgehead atoms. The number of fused-ring (bicyclic) bond motifs is 1. The number of aliphatic imine (C=N–C) groups is 2. The van der Waals surface area contributed by atoms with Crippen LogP contribution in [-0.2, 0) is 7.05 Å². The molecular formula is C24H23N7O2. The minimum absolute atomic E-state index is 0.442. The number of benzene rings is 1. The van der Waals surface area contributed by atoms with Crippen molar-refractivity contribution in [3.8, 4) is 22.8 Å². The van der Waals surface area contributed by atoms with Crippen molar-refractivity contribution in [2.24, 2.45) is 17.0 Å². The zero-order chi connectivity index (χ0) is 22.8. The summed E-state index contributed by atoms with van der Waals surface area (Å²) in [5.41, 5.74) is 3.88. The van der Waals surface area contributed by atoms with Crippen molar-refractivity contribution in [3.63, 3.8) is 0 Å². The van der Waals surface area contributed by atoms with Crippen molar-refractivity contribution >= 4 is 34.7 Å². The molecule has 9 heteroatoms. The number of aryl methyl sites for hydroxylation is 1. The lowest BCUT2D eigenvalue weighted by Crippen LogP contribution is -2.25. The molecule has 0 saturated carbocycles. The van der Waals surface area contributed by atoms with Crippen molar-refractivity contribution in [2.45, 2.75) is 0 Å². The number of aromatic nitrogens is 4. The summed E-state index contributed by atoms with van der Waals surface area (Å²) >= 11 is 0. The van der Waals surface area contributed by atoms with Crippen molar-refractivity contribution in [1.29, 1.82) is 0 Å². The Hall–Kier alpha value is -4.27. The van der Waals surface area contributed by atoms with Crippen LogP contribution < -0.4 is 14.4 Å². The maximum Gasteiger partial charge on any atom is 0.180 e. The molecule has 1 aromatic carbocycles. The second-order valence-corrected chi connectivity index (χ2v) is 7.56. The first-order valence-electron chi connectivity index (χ1n) is 10.5. The van der Waals surface area contributed by atoms with Crippen LogP contribution in [0.2, 0.25) is 0 Å². The van der Waals surface area contributed by atoms with Gasteiger partial charge in [-0.15, -0.1) is 0 Å². The number of pyridine rings is 1. The molecule has 166 valence electrons. The van der Waals surface area contributed by atoms with E-state index >= 15 is 0 Å². The number of rotatable bonds is 7. The van der Waals surface area contributed by atoms with Gasteiger partial charge in [-0.1, -0.05) is 0 Å². The number of methoxy groups -OCH3 is 2. The van der Waals surface area contributed by atoms with E-state index in [-0.39, 0.29) is 0 Å². The normalized spacial score (nSPS) is 12.8. The van der Waals surface area contributed by atoms with E-state index in [0.717, 1.165) is 28.3 Å². The summed E-state index contributed by atoms with van der Waals surface area (Å²) in [7, 11) is 5.23. The molecule has 0 unspecified atom stereocenters. The largest absolute Gasteiger partial charge is 0.497 e. The van der Waals surface area contributed by atoms with Gasteiger partial charge in [0.1, 0.15) is 28.7 Å². The van der Waals surface area contributed by atoms with Crippen molar-refractivity contribution in [2.75, 3.05) is 32.2 Å². The Morgan fingerprint density at radius 3 is 2.52 bits per heavy atom. The smallest absolute Gasteiger partial charge is 0.180 e. The van der Waals surface area contributed by atoms with Crippen LogP contribution in [0.1, 0.15) is 0 Å². The summed E-state index contributed by atoms with van der Waals surface area (Å²) < 4.78 is 12.9. The fraction of sp³-hybridized carbons (Fsp3) is 0.208. The van der Waals surface area contributed by atoms with Crippen molar-refractivity contribution < 1.29 is 9.47 Å². The highest BCUT2D eigenvalue weighted by Crippen LogP contribution is 2.33. The standard InChI is InChI=1S/C24H23N7O2/c1-30-9-6-16(14-30)21-13-27-20-4-5-23(29-24(20)28-21)31(15-22-25-7-8-26-22)17-10-18(32-2)12-19(11-17)33-3/h4-7,9-14H,8,15H2,1-3H3. The molecule has 0 fully saturated rings. The Balaban J connectivity index is 1.60. The van der Waals surface area contributed by atoms with E-state index in [4.69, 9.17) is 19.4 Å². The molecule has 33 heavy (non-hydrogen) atoms. The summed E-state index contributed by atoms with van der Waals surface area (Å²) in [5.74, 6) is 2.78. The summed E-state index contributed by atoms with van der Waals surface area (Å²) in [6.45, 7) is 1.03. The van der Waals surface area contributed by atoms with Gasteiger partial charge < -0.3 is 18.9 Å². The van der Waals surface area contributed by atoms with Crippen LogP contribution in [0.3, 0.4) is 0 Å². The zero-order valence-corrected chi connectivity index (χ0v) is 18.6. The van der Waals surface area contributed by atoms with Crippen molar-refractivity contribution in [3.05, 3.63) is 55.0 Å². The Morgan fingerprint density at radius 1 is 1.03 bits per heavy atom. The SMILES string of the molecule is COc1cc(OC)cc(N(CC2=NCC=N2)c2ccc3ncc(-c4ccn(C)c4)nc3n2)c1. The van der Waals surface area contributed by atoms with Gasteiger partial charge in [0.2, 0.25) is 0 Å². The lowest BCUT2D eigenvalue weighted by molar-refractivity contribution is 0.394. The first-order chi connectivity index (χ1) is 16.1. The van der Waals surface area contributed by atoms with Gasteiger partial charge in [0.25, 0.3) is 0 Å². The summed E-state index contributed by atoms with van der Waals surface area (Å²) in [5, 5.41) is 0. The Bertz CT molecular complexity index is 1350. The quantitative estimate of drug-likeness (QED) is 0.435. The number of hydrogen-bond acceptors (Lipinski definition) is 8. The molecule has 0 spiro atoms. The summed E-state index contributed by atoms with van der Waals surface area (Å²) in [6.07, 6.45) is 7.55. The van der Waals surface area contributed by atoms with Crippen LogP contribution in [0.4, 0.5) is 11.5 Å². The molecule has 0 amide bonds. The fourth-order valence-corrected chi connectivity index (χ4v) is 3.65. The third-order valence-electron chi connectivity index (χ3n) is 5.34. The highest BCUT2D eigenvalue weighted by atomic mass is 16.5. The molecule has 0 atom stereocenters. The highest BCUT2D eigenvalue weighted by Gasteiger charge is 2.18. The molecule has 0 radical (unpaired) electrons. The molecule has 1 aliphatic heterocycles. The number of anilines is 2. The van der Waals surface area contributed by atoms with E-state index in [1.54, 1.807) is 26.6 Å². The molecule has 4 aromatic rings. The average molecular weight is 441 g/mol. The van der Waals surface area contributed by atoms with Crippen LogP contribution in [0.25, 0.3) is 22.4 Å². The summed E-state index contributed by atoms with van der Waals surface area (Å²) in [6, 6.07) is 11.5. The molecule has 5 rings (SSSR count). The molecule has 9 nitrogen and oxygen atoms in total. The lowest BCUT2D eigenvalue weighted by Gasteiger charge is -2.24. The van der Waals surface area contributed by atoms with Crippen LogP contribution in [-0.4, -0.2) is 58.9 Å². The molecule has 3 aromatic heterocycles. The highest BCUT2D eigenvalue weighted by molar-refractivity contribution is 5.98. The van der Waals surface area contributed by atoms with Gasteiger partial charge in [0, 0.05) is 49.4 Å². The number of nitrogens with zero attached hydrogens (tertiary/aromatic N) is 7. The molecule has 0 N–H and O–H groups in total. The molecule has 4 heterocycles. The molecule has 0 saturated heterocycles. The minimum atomic E-state index is 0.442. The van der Waals surface area contributed by atoms with Crippen LogP contribution in [0.5, 0.6) is 11.5 Å². The summed E-state index contributed by atoms with van der Waals surface area (Å²) in [4.78, 5) is 25.1. The predicted octanol–water partition coefficient (Wildman–Crippen LogP) is 3.67. The van der Waals surface area contributed by atoms with Gasteiger partial charge in [-0.3, -0.25) is 9.98 Å². The lowest BCUT2D eigenvalue weighted by atomic mass is 10.2. The van der Waals surface area contributed by atoms with E-state index in [1.807, 2.05) is 65.3 Å². The van der Waals surface area contributed by atoms with E-state index < -0.39 is 0 Å². The van der Waals surface area contributed by atoms with Crippen LogP contribution in [0, 0.1) is 0 Å². The monoisotopic (exact) mass is 441 g/mol. The van der Waals surface area contributed by atoms with Gasteiger partial charge >= 0.3 is 0 Å². The van der Waals surface area contributed by atoms with Crippen LogP contribution >= 0.6 is 0 Å². The Labute approximate surface area is 191 Å². The first kappa shape index (κ1) is 20.6. The van der Waals surface area contributed by atoms with E-state index in [1.165, 1.54) is 0 Å². The van der Waals surface area contributed by atoms with E-state index in [0.29, 0.717) is 36.1 Å².